The van der Waals surface area contributed by atoms with Gasteiger partial charge in [-0.3, -0.25) is 4.90 Å². The Morgan fingerprint density at radius 1 is 1.33 bits per heavy atom. The Balaban J connectivity index is 1.94. The van der Waals surface area contributed by atoms with Gasteiger partial charge in [0.2, 0.25) is 0 Å². The van der Waals surface area contributed by atoms with Crippen molar-refractivity contribution in [3.05, 3.63) is 52.0 Å². The largest absolute Gasteiger partial charge is 0.478 e. The molecule has 2 aromatic rings. The van der Waals surface area contributed by atoms with Gasteiger partial charge in [-0.15, -0.1) is 11.3 Å². The van der Waals surface area contributed by atoms with Crippen molar-refractivity contribution in [3.8, 4) is 0 Å². The molecular weight excluding hydrogens is 248 g/mol. The molecule has 1 heterocycles. The molecule has 0 atom stereocenters. The summed E-state index contributed by atoms with van der Waals surface area (Å²) in [7, 11) is 2.02. The Hall–Kier alpha value is -1.72. The molecule has 1 aromatic carbocycles. The molecule has 18 heavy (non-hydrogen) atoms. The first-order valence-corrected chi connectivity index (χ1v) is 6.42. The second kappa shape index (κ2) is 5.75. The van der Waals surface area contributed by atoms with Crippen LogP contribution in [0.4, 0.5) is 0 Å². The van der Waals surface area contributed by atoms with Crippen LogP contribution in [0.5, 0.6) is 0 Å². The normalized spacial score (nSPS) is 10.8. The summed E-state index contributed by atoms with van der Waals surface area (Å²) in [5.41, 5.74) is 1.42. The van der Waals surface area contributed by atoms with Gasteiger partial charge in [-0.2, -0.15) is 0 Å². The molecule has 0 spiro atoms. The van der Waals surface area contributed by atoms with Gasteiger partial charge in [0, 0.05) is 18.1 Å². The number of aromatic carboxylic acids is 1. The molecular formula is C13H14N2O2S. The molecule has 94 valence electrons. The number of hydrogen-bond acceptors (Lipinski definition) is 4. The highest BCUT2D eigenvalue weighted by Gasteiger charge is 2.05. The van der Waals surface area contributed by atoms with Gasteiger partial charge in [0.25, 0.3) is 0 Å². The van der Waals surface area contributed by atoms with E-state index < -0.39 is 5.97 Å². The van der Waals surface area contributed by atoms with E-state index in [0.717, 1.165) is 23.7 Å². The number of aromatic nitrogens is 1. The zero-order valence-corrected chi connectivity index (χ0v) is 10.9. The number of carboxylic acids is 1. The fourth-order valence-electron chi connectivity index (χ4n) is 1.68. The quantitative estimate of drug-likeness (QED) is 0.899. The molecule has 0 saturated carbocycles. The molecule has 4 nitrogen and oxygen atoms in total. The lowest BCUT2D eigenvalue weighted by Gasteiger charge is -2.15. The first-order chi connectivity index (χ1) is 8.65. The van der Waals surface area contributed by atoms with Crippen molar-refractivity contribution in [2.45, 2.75) is 13.1 Å². The lowest BCUT2D eigenvalue weighted by atomic mass is 10.1. The fraction of sp³-hybridized carbons (Fsp3) is 0.231. The Morgan fingerprint density at radius 3 is 2.61 bits per heavy atom. The van der Waals surface area contributed by atoms with Crippen LogP contribution in [-0.2, 0) is 13.1 Å². The van der Waals surface area contributed by atoms with E-state index in [1.165, 1.54) is 0 Å². The predicted octanol–water partition coefficient (Wildman–Crippen LogP) is 2.47. The van der Waals surface area contributed by atoms with Crippen LogP contribution in [0.1, 0.15) is 20.9 Å². The topological polar surface area (TPSA) is 53.4 Å². The number of hydrogen-bond donors (Lipinski definition) is 1. The highest BCUT2D eigenvalue weighted by Crippen LogP contribution is 2.11. The van der Waals surface area contributed by atoms with E-state index in [4.69, 9.17) is 5.11 Å². The smallest absolute Gasteiger partial charge is 0.335 e. The van der Waals surface area contributed by atoms with E-state index in [2.05, 4.69) is 9.88 Å². The molecule has 0 aliphatic carbocycles. The van der Waals surface area contributed by atoms with Crippen molar-refractivity contribution >= 4 is 17.3 Å². The van der Waals surface area contributed by atoms with Crippen LogP contribution in [0.25, 0.3) is 0 Å². The maximum atomic E-state index is 10.7. The van der Waals surface area contributed by atoms with Gasteiger partial charge in [-0.05, 0) is 24.7 Å². The van der Waals surface area contributed by atoms with Crippen LogP contribution in [0.3, 0.4) is 0 Å². The average molecular weight is 262 g/mol. The lowest BCUT2D eigenvalue weighted by molar-refractivity contribution is 0.0697. The summed E-state index contributed by atoms with van der Waals surface area (Å²) >= 11 is 1.64. The summed E-state index contributed by atoms with van der Waals surface area (Å²) in [5.74, 6) is -0.891. The molecule has 0 fully saturated rings. The number of nitrogens with zero attached hydrogens (tertiary/aromatic N) is 2. The SMILES string of the molecule is CN(Cc1ccc(C(=O)O)cc1)Cc1nccs1. The van der Waals surface area contributed by atoms with Gasteiger partial charge in [-0.25, -0.2) is 9.78 Å². The minimum absolute atomic E-state index is 0.321. The summed E-state index contributed by atoms with van der Waals surface area (Å²) in [6.07, 6.45) is 1.80. The van der Waals surface area contributed by atoms with Crippen molar-refractivity contribution in [1.29, 1.82) is 0 Å². The zero-order chi connectivity index (χ0) is 13.0. The Morgan fingerprint density at radius 2 is 2.06 bits per heavy atom. The van der Waals surface area contributed by atoms with E-state index in [1.807, 2.05) is 24.6 Å². The predicted molar refractivity (Wildman–Crippen MR) is 70.7 cm³/mol. The molecule has 0 saturated heterocycles. The fourth-order valence-corrected chi connectivity index (χ4v) is 2.38. The number of thiazole rings is 1. The summed E-state index contributed by atoms with van der Waals surface area (Å²) in [4.78, 5) is 17.1. The van der Waals surface area contributed by atoms with E-state index in [0.29, 0.717) is 5.56 Å². The Bertz CT molecular complexity index is 508. The summed E-state index contributed by atoms with van der Waals surface area (Å²) in [6.45, 7) is 1.58. The molecule has 1 N–H and O–H groups in total. The number of rotatable bonds is 5. The number of benzene rings is 1. The summed E-state index contributed by atoms with van der Waals surface area (Å²) in [5, 5.41) is 11.9. The maximum Gasteiger partial charge on any atom is 0.335 e. The summed E-state index contributed by atoms with van der Waals surface area (Å²) < 4.78 is 0. The highest BCUT2D eigenvalue weighted by molar-refractivity contribution is 7.09. The van der Waals surface area contributed by atoms with Crippen molar-refractivity contribution in [2.75, 3.05) is 7.05 Å². The molecule has 2 rings (SSSR count). The van der Waals surface area contributed by atoms with E-state index in [-0.39, 0.29) is 0 Å². The standard InChI is InChI=1S/C13H14N2O2S/c1-15(9-12-14-6-7-18-12)8-10-2-4-11(5-3-10)13(16)17/h2-7H,8-9H2,1H3,(H,16,17). The minimum atomic E-state index is -0.891. The zero-order valence-electron chi connectivity index (χ0n) is 10.0. The first kappa shape index (κ1) is 12.7. The Labute approximate surface area is 110 Å². The average Bonchev–Trinajstić information content (AvgIpc) is 2.82. The third kappa shape index (κ3) is 3.38. The van der Waals surface area contributed by atoms with Crippen LogP contribution in [-0.4, -0.2) is 28.0 Å². The lowest BCUT2D eigenvalue weighted by Crippen LogP contribution is -2.17. The number of carboxylic acid groups (broad SMARTS) is 1. The van der Waals surface area contributed by atoms with Crippen molar-refractivity contribution in [3.63, 3.8) is 0 Å². The van der Waals surface area contributed by atoms with Gasteiger partial charge >= 0.3 is 5.97 Å². The first-order valence-electron chi connectivity index (χ1n) is 5.54. The van der Waals surface area contributed by atoms with Crippen LogP contribution < -0.4 is 0 Å². The second-order valence-electron chi connectivity index (χ2n) is 4.10. The molecule has 0 radical (unpaired) electrons. The van der Waals surface area contributed by atoms with Gasteiger partial charge in [0.1, 0.15) is 5.01 Å². The van der Waals surface area contributed by atoms with Crippen molar-refractivity contribution in [2.24, 2.45) is 0 Å². The van der Waals surface area contributed by atoms with Crippen molar-refractivity contribution < 1.29 is 9.90 Å². The van der Waals surface area contributed by atoms with E-state index >= 15 is 0 Å². The number of carbonyl (C=O) groups is 1. The van der Waals surface area contributed by atoms with E-state index in [9.17, 15) is 4.79 Å². The van der Waals surface area contributed by atoms with Crippen LogP contribution in [0.15, 0.2) is 35.8 Å². The Kier molecular flexibility index (Phi) is 4.07. The summed E-state index contributed by atoms with van der Waals surface area (Å²) in [6, 6.07) is 6.97. The molecule has 0 bridgehead atoms. The van der Waals surface area contributed by atoms with Gasteiger partial charge in [-0.1, -0.05) is 12.1 Å². The van der Waals surface area contributed by atoms with E-state index in [1.54, 1.807) is 29.7 Å². The molecule has 0 aliphatic rings. The molecule has 1 aromatic heterocycles. The molecule has 0 unspecified atom stereocenters. The molecule has 5 heteroatoms. The highest BCUT2D eigenvalue weighted by atomic mass is 32.1. The van der Waals surface area contributed by atoms with Gasteiger partial charge in [0.05, 0.1) is 12.1 Å². The van der Waals surface area contributed by atoms with Crippen molar-refractivity contribution in [1.82, 2.24) is 9.88 Å². The molecule has 0 aliphatic heterocycles. The van der Waals surface area contributed by atoms with Gasteiger partial charge < -0.3 is 5.11 Å². The third-order valence-electron chi connectivity index (χ3n) is 2.54. The monoisotopic (exact) mass is 262 g/mol. The molecule has 0 amide bonds. The van der Waals surface area contributed by atoms with Crippen LogP contribution in [0, 0.1) is 0 Å². The van der Waals surface area contributed by atoms with Gasteiger partial charge in [0.15, 0.2) is 0 Å². The van der Waals surface area contributed by atoms with Crippen LogP contribution in [0.2, 0.25) is 0 Å². The second-order valence-corrected chi connectivity index (χ2v) is 5.08. The minimum Gasteiger partial charge on any atom is -0.478 e. The third-order valence-corrected chi connectivity index (χ3v) is 3.31. The van der Waals surface area contributed by atoms with Crippen LogP contribution >= 0.6 is 11.3 Å². The maximum absolute atomic E-state index is 10.7.